The molecule has 0 radical (unpaired) electrons. The molecule has 166 valence electrons. The van der Waals surface area contributed by atoms with Gasteiger partial charge in [0.25, 0.3) is 0 Å². The van der Waals surface area contributed by atoms with Gasteiger partial charge in [-0.2, -0.15) is 0 Å². The summed E-state index contributed by atoms with van der Waals surface area (Å²) in [7, 11) is 0. The van der Waals surface area contributed by atoms with Crippen LogP contribution in [0.3, 0.4) is 0 Å². The van der Waals surface area contributed by atoms with E-state index in [9.17, 15) is 4.79 Å². The van der Waals surface area contributed by atoms with Gasteiger partial charge < -0.3 is 10.7 Å². The number of carbonyl (C=O) groups excluding carboxylic acids is 1. The molecule has 4 aromatic rings. The topological polar surface area (TPSA) is 71.8 Å². The Labute approximate surface area is 201 Å². The summed E-state index contributed by atoms with van der Waals surface area (Å²) in [6.07, 6.45) is 0. The van der Waals surface area contributed by atoms with E-state index in [1.807, 2.05) is 73.1 Å². The van der Waals surface area contributed by atoms with Gasteiger partial charge in [0.05, 0.1) is 6.04 Å². The molecule has 0 saturated carbocycles. The minimum Gasteiger partial charge on any atom is -0.325 e. The van der Waals surface area contributed by atoms with Crippen LogP contribution in [0.25, 0.3) is 11.4 Å². The highest BCUT2D eigenvalue weighted by molar-refractivity contribution is 8.00. The highest BCUT2D eigenvalue weighted by Gasteiger charge is 2.38. The molecule has 2 heterocycles. The number of aryl methyl sites for hydroxylation is 2. The lowest BCUT2D eigenvalue weighted by atomic mass is 10.0. The predicted octanol–water partition coefficient (Wildman–Crippen LogP) is 5.61. The third kappa shape index (κ3) is 4.34. The van der Waals surface area contributed by atoms with E-state index in [-0.39, 0.29) is 11.9 Å². The maximum Gasteiger partial charge on any atom is 0.240 e. The SMILES string of the molecule is Cc1ccc([C@H]2Nn3c(nnc3-c3ccccc3)S[C@H]2C(=O)Nc2ccc(C)c(Cl)c2)cc1. The predicted molar refractivity (Wildman–Crippen MR) is 133 cm³/mol. The molecular weight excluding hydrogens is 454 g/mol. The molecule has 0 bridgehead atoms. The summed E-state index contributed by atoms with van der Waals surface area (Å²) in [5, 5.41) is 12.6. The number of rotatable bonds is 4. The van der Waals surface area contributed by atoms with Crippen molar-refractivity contribution in [3.63, 3.8) is 0 Å². The zero-order valence-corrected chi connectivity index (χ0v) is 19.7. The van der Waals surface area contributed by atoms with Gasteiger partial charge >= 0.3 is 0 Å². The number of halogens is 1. The summed E-state index contributed by atoms with van der Waals surface area (Å²) < 4.78 is 1.87. The Morgan fingerprint density at radius 1 is 1.03 bits per heavy atom. The smallest absolute Gasteiger partial charge is 0.240 e. The van der Waals surface area contributed by atoms with E-state index in [0.29, 0.717) is 21.7 Å². The number of amides is 1. The third-order valence-electron chi connectivity index (χ3n) is 5.60. The number of nitrogens with zero attached hydrogens (tertiary/aromatic N) is 3. The summed E-state index contributed by atoms with van der Waals surface area (Å²) in [4.78, 5) is 13.4. The lowest BCUT2D eigenvalue weighted by molar-refractivity contribution is -0.116. The average Bonchev–Trinajstić information content (AvgIpc) is 3.25. The Kier molecular flexibility index (Phi) is 5.83. The molecule has 6 nitrogen and oxygen atoms in total. The molecule has 2 N–H and O–H groups in total. The molecule has 0 spiro atoms. The van der Waals surface area contributed by atoms with Gasteiger partial charge in [0, 0.05) is 16.3 Å². The number of carbonyl (C=O) groups is 1. The highest BCUT2D eigenvalue weighted by Crippen LogP contribution is 2.39. The van der Waals surface area contributed by atoms with Crippen molar-refractivity contribution in [1.82, 2.24) is 14.9 Å². The summed E-state index contributed by atoms with van der Waals surface area (Å²) in [5.74, 6) is 0.577. The van der Waals surface area contributed by atoms with Crippen LogP contribution in [0.5, 0.6) is 0 Å². The van der Waals surface area contributed by atoms with E-state index in [2.05, 4.69) is 33.1 Å². The Hall–Kier alpha value is -3.29. The summed E-state index contributed by atoms with van der Waals surface area (Å²) in [6, 6.07) is 23.3. The first-order valence-electron chi connectivity index (χ1n) is 10.6. The van der Waals surface area contributed by atoms with Crippen molar-refractivity contribution in [2.24, 2.45) is 0 Å². The lowest BCUT2D eigenvalue weighted by Crippen LogP contribution is -2.41. The number of benzene rings is 3. The number of hydrogen-bond donors (Lipinski definition) is 2. The number of aromatic nitrogens is 3. The third-order valence-corrected chi connectivity index (χ3v) is 7.23. The molecular formula is C25H22ClN5OS. The molecule has 0 saturated heterocycles. The summed E-state index contributed by atoms with van der Waals surface area (Å²) >= 11 is 7.66. The van der Waals surface area contributed by atoms with Crippen LogP contribution in [0.15, 0.2) is 78.0 Å². The minimum absolute atomic E-state index is 0.131. The van der Waals surface area contributed by atoms with Crippen LogP contribution in [0.2, 0.25) is 5.02 Å². The van der Waals surface area contributed by atoms with Crippen LogP contribution in [0.4, 0.5) is 5.69 Å². The van der Waals surface area contributed by atoms with Crippen molar-refractivity contribution in [2.75, 3.05) is 10.7 Å². The van der Waals surface area contributed by atoms with Crippen molar-refractivity contribution in [1.29, 1.82) is 0 Å². The monoisotopic (exact) mass is 475 g/mol. The van der Waals surface area contributed by atoms with Crippen molar-refractivity contribution >= 4 is 35.0 Å². The van der Waals surface area contributed by atoms with Gasteiger partial charge in [-0.25, -0.2) is 4.68 Å². The maximum absolute atomic E-state index is 13.4. The Bertz CT molecular complexity index is 1310. The molecule has 1 aliphatic heterocycles. The number of fused-ring (bicyclic) bond motifs is 1. The first-order chi connectivity index (χ1) is 16.0. The number of nitrogens with one attached hydrogen (secondary N) is 2. The molecule has 0 unspecified atom stereocenters. The fraction of sp³-hybridized carbons (Fsp3) is 0.160. The van der Waals surface area contributed by atoms with Crippen molar-refractivity contribution < 1.29 is 4.79 Å². The van der Waals surface area contributed by atoms with Gasteiger partial charge in [-0.15, -0.1) is 10.2 Å². The van der Waals surface area contributed by atoms with Crippen LogP contribution in [0.1, 0.15) is 22.7 Å². The van der Waals surface area contributed by atoms with Gasteiger partial charge in [-0.05, 0) is 37.1 Å². The number of hydrogen-bond acceptors (Lipinski definition) is 5. The quantitative estimate of drug-likeness (QED) is 0.401. The molecule has 0 fully saturated rings. The van der Waals surface area contributed by atoms with Gasteiger partial charge in [0.1, 0.15) is 5.25 Å². The van der Waals surface area contributed by atoms with E-state index in [1.165, 1.54) is 11.8 Å². The van der Waals surface area contributed by atoms with Gasteiger partial charge in [0.2, 0.25) is 11.1 Å². The van der Waals surface area contributed by atoms with Gasteiger partial charge in [-0.3, -0.25) is 4.79 Å². The van der Waals surface area contributed by atoms with E-state index in [0.717, 1.165) is 22.3 Å². The Morgan fingerprint density at radius 2 is 1.79 bits per heavy atom. The van der Waals surface area contributed by atoms with E-state index < -0.39 is 5.25 Å². The van der Waals surface area contributed by atoms with Crippen LogP contribution in [-0.4, -0.2) is 26.0 Å². The maximum atomic E-state index is 13.4. The summed E-state index contributed by atoms with van der Waals surface area (Å²) in [6.45, 7) is 3.98. The minimum atomic E-state index is -0.465. The molecule has 8 heteroatoms. The second kappa shape index (κ2) is 8.92. The molecule has 5 rings (SSSR count). The van der Waals surface area contributed by atoms with E-state index in [4.69, 9.17) is 11.6 Å². The molecule has 0 aliphatic carbocycles. The first-order valence-corrected chi connectivity index (χ1v) is 11.8. The van der Waals surface area contributed by atoms with Crippen LogP contribution >= 0.6 is 23.4 Å². The lowest BCUT2D eigenvalue weighted by Gasteiger charge is -2.33. The Balaban J connectivity index is 1.50. The van der Waals surface area contributed by atoms with Crippen LogP contribution in [0, 0.1) is 13.8 Å². The first kappa shape index (κ1) is 21.6. The van der Waals surface area contributed by atoms with Crippen LogP contribution < -0.4 is 10.7 Å². The van der Waals surface area contributed by atoms with Crippen molar-refractivity contribution in [3.05, 3.63) is 94.5 Å². The number of anilines is 1. The standard InChI is InChI=1S/C25H22ClN5OS/c1-15-8-11-17(12-9-15)21-22(24(32)27-19-13-10-16(2)20(26)14-19)33-25-29-28-23(31(25)30-21)18-6-4-3-5-7-18/h3-14,21-22,30H,1-2H3,(H,27,32)/t21-,22-/m1/s1. The van der Waals surface area contributed by atoms with E-state index in [1.54, 1.807) is 6.07 Å². The fourth-order valence-electron chi connectivity index (χ4n) is 3.74. The fourth-order valence-corrected chi connectivity index (χ4v) is 5.00. The zero-order valence-electron chi connectivity index (χ0n) is 18.1. The van der Waals surface area contributed by atoms with E-state index >= 15 is 0 Å². The normalized spacial score (nSPS) is 17.2. The van der Waals surface area contributed by atoms with Crippen LogP contribution in [-0.2, 0) is 4.79 Å². The molecule has 1 aliphatic rings. The van der Waals surface area contributed by atoms with Gasteiger partial charge in [-0.1, -0.05) is 89.6 Å². The molecule has 1 aromatic heterocycles. The second-order valence-electron chi connectivity index (χ2n) is 8.02. The second-order valence-corrected chi connectivity index (χ2v) is 9.53. The van der Waals surface area contributed by atoms with Gasteiger partial charge in [0.15, 0.2) is 5.82 Å². The van der Waals surface area contributed by atoms with Crippen molar-refractivity contribution in [3.8, 4) is 11.4 Å². The zero-order chi connectivity index (χ0) is 22.9. The molecule has 33 heavy (non-hydrogen) atoms. The molecule has 3 aromatic carbocycles. The molecule has 2 atom stereocenters. The average molecular weight is 476 g/mol. The van der Waals surface area contributed by atoms with Crippen molar-refractivity contribution in [2.45, 2.75) is 30.3 Å². The largest absolute Gasteiger partial charge is 0.325 e. The Morgan fingerprint density at radius 3 is 2.52 bits per heavy atom. The molecule has 1 amide bonds. The number of thioether (sulfide) groups is 1. The summed E-state index contributed by atoms with van der Waals surface area (Å²) in [5.41, 5.74) is 8.24. The highest BCUT2D eigenvalue weighted by atomic mass is 35.5.